The van der Waals surface area contributed by atoms with E-state index in [1.54, 1.807) is 0 Å². The minimum atomic E-state index is 0.387. The highest BCUT2D eigenvalue weighted by molar-refractivity contribution is 5.32. The van der Waals surface area contributed by atoms with Gasteiger partial charge in [-0.2, -0.15) is 0 Å². The van der Waals surface area contributed by atoms with Gasteiger partial charge in [0.25, 0.3) is 0 Å². The van der Waals surface area contributed by atoms with Gasteiger partial charge >= 0.3 is 0 Å². The second kappa shape index (κ2) is 6.00. The lowest BCUT2D eigenvalue weighted by Crippen LogP contribution is -2.30. The summed E-state index contributed by atoms with van der Waals surface area (Å²) in [4.78, 5) is 2.53. The molecule has 0 aliphatic carbocycles. The van der Waals surface area contributed by atoms with Crippen LogP contribution in [0.3, 0.4) is 0 Å². The fourth-order valence-electron chi connectivity index (χ4n) is 3.37. The normalized spacial score (nSPS) is 16.0. The molecule has 1 heterocycles. The second-order valence-corrected chi connectivity index (χ2v) is 6.20. The average molecular weight is 280 g/mol. The van der Waals surface area contributed by atoms with Gasteiger partial charge in [0.15, 0.2) is 0 Å². The third-order valence-electron chi connectivity index (χ3n) is 4.34. The fourth-order valence-corrected chi connectivity index (χ4v) is 3.37. The molecular formula is C19H24N2. The van der Waals surface area contributed by atoms with Crippen molar-refractivity contribution in [1.82, 2.24) is 10.2 Å². The summed E-state index contributed by atoms with van der Waals surface area (Å²) in [6.07, 6.45) is 0. The van der Waals surface area contributed by atoms with Crippen LogP contribution < -0.4 is 5.32 Å². The molecule has 0 saturated carbocycles. The molecule has 0 bridgehead atoms. The van der Waals surface area contributed by atoms with Crippen LogP contribution in [0.5, 0.6) is 0 Å². The van der Waals surface area contributed by atoms with Gasteiger partial charge in [-0.1, -0.05) is 53.6 Å². The quantitative estimate of drug-likeness (QED) is 0.921. The minimum absolute atomic E-state index is 0.387. The number of aryl methyl sites for hydroxylation is 2. The molecule has 2 aromatic carbocycles. The summed E-state index contributed by atoms with van der Waals surface area (Å²) in [5, 5.41) is 3.48. The van der Waals surface area contributed by atoms with Crippen LogP contribution in [-0.4, -0.2) is 18.5 Å². The lowest BCUT2D eigenvalue weighted by atomic mass is 10.0. The first kappa shape index (κ1) is 14.3. The number of benzene rings is 2. The number of hydrogen-bond acceptors (Lipinski definition) is 2. The molecule has 3 rings (SSSR count). The van der Waals surface area contributed by atoms with E-state index in [1.165, 1.54) is 27.8 Å². The Kier molecular flexibility index (Phi) is 4.09. The van der Waals surface area contributed by atoms with Gasteiger partial charge in [-0.25, -0.2) is 0 Å². The van der Waals surface area contributed by atoms with Crippen molar-refractivity contribution >= 4 is 0 Å². The first-order valence-corrected chi connectivity index (χ1v) is 7.70. The van der Waals surface area contributed by atoms with Crippen LogP contribution in [0.25, 0.3) is 0 Å². The van der Waals surface area contributed by atoms with Crippen molar-refractivity contribution in [3.63, 3.8) is 0 Å². The molecule has 1 N–H and O–H groups in total. The van der Waals surface area contributed by atoms with Crippen LogP contribution in [0.2, 0.25) is 0 Å². The number of hydrogen-bond donors (Lipinski definition) is 1. The maximum absolute atomic E-state index is 3.48. The smallest absolute Gasteiger partial charge is 0.0447 e. The van der Waals surface area contributed by atoms with Crippen LogP contribution in [0.15, 0.2) is 42.5 Å². The van der Waals surface area contributed by atoms with Crippen molar-refractivity contribution in [3.05, 3.63) is 70.3 Å². The Labute approximate surface area is 127 Å². The van der Waals surface area contributed by atoms with Gasteiger partial charge in [-0.05, 0) is 37.6 Å². The molecule has 1 unspecified atom stereocenters. The summed E-state index contributed by atoms with van der Waals surface area (Å²) < 4.78 is 0. The molecule has 2 heteroatoms. The van der Waals surface area contributed by atoms with Gasteiger partial charge in [0.05, 0.1) is 0 Å². The van der Waals surface area contributed by atoms with Crippen LogP contribution in [0.1, 0.15) is 33.9 Å². The maximum Gasteiger partial charge on any atom is 0.0447 e. The lowest BCUT2D eigenvalue weighted by molar-refractivity contribution is 0.253. The van der Waals surface area contributed by atoms with Crippen LogP contribution in [0, 0.1) is 13.8 Å². The van der Waals surface area contributed by atoms with Crippen molar-refractivity contribution in [1.29, 1.82) is 0 Å². The Morgan fingerprint density at radius 3 is 2.10 bits per heavy atom. The second-order valence-electron chi connectivity index (χ2n) is 6.20. The highest BCUT2D eigenvalue weighted by Gasteiger charge is 2.21. The van der Waals surface area contributed by atoms with Gasteiger partial charge in [0.2, 0.25) is 0 Å². The van der Waals surface area contributed by atoms with Crippen LogP contribution >= 0.6 is 0 Å². The molecule has 110 valence electrons. The van der Waals surface area contributed by atoms with Gasteiger partial charge < -0.3 is 5.32 Å². The molecular weight excluding hydrogens is 256 g/mol. The number of rotatable bonds is 4. The van der Waals surface area contributed by atoms with E-state index < -0.39 is 0 Å². The summed E-state index contributed by atoms with van der Waals surface area (Å²) in [6, 6.07) is 16.0. The van der Waals surface area contributed by atoms with Gasteiger partial charge in [0.1, 0.15) is 0 Å². The first-order valence-electron chi connectivity index (χ1n) is 7.70. The van der Waals surface area contributed by atoms with E-state index in [2.05, 4.69) is 73.6 Å². The number of nitrogens with zero attached hydrogens (tertiary/aromatic N) is 1. The fraction of sp³-hybridized carbons (Fsp3) is 0.368. The molecule has 0 fully saturated rings. The van der Waals surface area contributed by atoms with E-state index in [0.29, 0.717) is 6.04 Å². The summed E-state index contributed by atoms with van der Waals surface area (Å²) in [5.74, 6) is 0. The van der Waals surface area contributed by atoms with Gasteiger partial charge in [0, 0.05) is 25.7 Å². The van der Waals surface area contributed by atoms with Crippen molar-refractivity contribution in [2.45, 2.75) is 33.0 Å². The zero-order valence-electron chi connectivity index (χ0n) is 13.2. The Morgan fingerprint density at radius 1 is 1.00 bits per heavy atom. The summed E-state index contributed by atoms with van der Waals surface area (Å²) in [5.41, 5.74) is 7.04. The van der Waals surface area contributed by atoms with E-state index in [4.69, 9.17) is 0 Å². The predicted molar refractivity (Wildman–Crippen MR) is 88.3 cm³/mol. The van der Waals surface area contributed by atoms with Gasteiger partial charge in [-0.3, -0.25) is 4.90 Å². The lowest BCUT2D eigenvalue weighted by Gasteiger charge is -2.24. The monoisotopic (exact) mass is 280 g/mol. The molecule has 2 nitrogen and oxygen atoms in total. The number of fused-ring (bicyclic) bond motifs is 1. The Morgan fingerprint density at radius 2 is 1.57 bits per heavy atom. The van der Waals surface area contributed by atoms with E-state index >= 15 is 0 Å². The highest BCUT2D eigenvalue weighted by Crippen LogP contribution is 2.25. The topological polar surface area (TPSA) is 15.3 Å². The van der Waals surface area contributed by atoms with E-state index in [0.717, 1.165) is 19.6 Å². The first-order chi connectivity index (χ1) is 10.2. The van der Waals surface area contributed by atoms with Crippen molar-refractivity contribution in [3.8, 4) is 0 Å². The van der Waals surface area contributed by atoms with Crippen molar-refractivity contribution in [2.75, 3.05) is 13.6 Å². The maximum atomic E-state index is 3.48. The van der Waals surface area contributed by atoms with Crippen LogP contribution in [-0.2, 0) is 13.1 Å². The molecule has 1 aliphatic rings. The third kappa shape index (κ3) is 3.17. The summed E-state index contributed by atoms with van der Waals surface area (Å²) in [6.45, 7) is 7.54. The molecule has 0 spiro atoms. The third-order valence-corrected chi connectivity index (χ3v) is 4.34. The molecule has 21 heavy (non-hydrogen) atoms. The SMILES string of the molecule is CNC(CN1Cc2ccccc2C1)c1cc(C)cc(C)c1. The Hall–Kier alpha value is -1.64. The molecule has 2 aromatic rings. The molecule has 0 saturated heterocycles. The van der Waals surface area contributed by atoms with E-state index in [-0.39, 0.29) is 0 Å². The number of nitrogens with one attached hydrogen (secondary N) is 1. The zero-order valence-corrected chi connectivity index (χ0v) is 13.2. The van der Waals surface area contributed by atoms with E-state index in [9.17, 15) is 0 Å². The standard InChI is InChI=1S/C19H24N2/c1-14-8-15(2)10-18(9-14)19(20-3)13-21-11-16-6-4-5-7-17(16)12-21/h4-10,19-20H,11-13H2,1-3H3. The molecule has 0 amide bonds. The van der Waals surface area contributed by atoms with Crippen molar-refractivity contribution < 1.29 is 0 Å². The summed E-state index contributed by atoms with van der Waals surface area (Å²) >= 11 is 0. The zero-order chi connectivity index (χ0) is 14.8. The van der Waals surface area contributed by atoms with Gasteiger partial charge in [-0.15, -0.1) is 0 Å². The number of likely N-dealkylation sites (N-methyl/N-ethyl adjacent to an activating group) is 1. The average Bonchev–Trinajstić information content (AvgIpc) is 2.86. The predicted octanol–water partition coefficient (Wildman–Crippen LogP) is 3.58. The van der Waals surface area contributed by atoms with E-state index in [1.807, 2.05) is 0 Å². The molecule has 0 radical (unpaired) electrons. The summed E-state index contributed by atoms with van der Waals surface area (Å²) in [7, 11) is 2.06. The molecule has 0 aromatic heterocycles. The van der Waals surface area contributed by atoms with Crippen molar-refractivity contribution in [2.24, 2.45) is 0 Å². The Bertz CT molecular complexity index is 588. The molecule has 1 atom stereocenters. The highest BCUT2D eigenvalue weighted by atomic mass is 15.2. The largest absolute Gasteiger partial charge is 0.312 e. The minimum Gasteiger partial charge on any atom is -0.312 e. The Balaban J connectivity index is 1.74. The van der Waals surface area contributed by atoms with Crippen LogP contribution in [0.4, 0.5) is 0 Å². The molecule has 1 aliphatic heterocycles.